The van der Waals surface area contributed by atoms with E-state index in [4.69, 9.17) is 5.73 Å². The van der Waals surface area contributed by atoms with Crippen LogP contribution in [0.15, 0.2) is 34.8 Å². The van der Waals surface area contributed by atoms with Gasteiger partial charge in [-0.2, -0.15) is 0 Å². The number of carbonyl (C=O) groups excluding carboxylic acids is 1. The number of nitrogens with two attached hydrogens (primary N) is 1. The Morgan fingerprint density at radius 3 is 2.77 bits per heavy atom. The fourth-order valence-corrected chi connectivity index (χ4v) is 3.70. The molecule has 0 fully saturated rings. The van der Waals surface area contributed by atoms with Crippen molar-refractivity contribution < 1.29 is 4.79 Å². The van der Waals surface area contributed by atoms with E-state index in [2.05, 4.69) is 26.2 Å². The Balaban J connectivity index is 2.04. The monoisotopic (exact) mass is 375 g/mol. The average molecular weight is 376 g/mol. The normalized spacial score (nSPS) is 10.9. The van der Waals surface area contributed by atoms with Gasteiger partial charge in [0.15, 0.2) is 5.13 Å². The van der Waals surface area contributed by atoms with Crippen LogP contribution in [0.4, 0.5) is 10.8 Å². The fourth-order valence-electron chi connectivity index (χ4n) is 2.42. The molecule has 6 heteroatoms. The molecular weight excluding hydrogens is 362 g/mol. The van der Waals surface area contributed by atoms with Crippen LogP contribution in [-0.2, 0) is 0 Å². The van der Waals surface area contributed by atoms with Crippen LogP contribution in [0.3, 0.4) is 0 Å². The molecule has 1 amide bonds. The molecule has 0 saturated carbocycles. The highest BCUT2D eigenvalue weighted by molar-refractivity contribution is 9.10. The second-order valence-corrected chi connectivity index (χ2v) is 6.91. The number of benzene rings is 2. The number of aryl methyl sites for hydroxylation is 2. The van der Waals surface area contributed by atoms with Gasteiger partial charge in [-0.25, -0.2) is 4.98 Å². The first-order valence-electron chi connectivity index (χ1n) is 6.69. The molecule has 0 unspecified atom stereocenters. The number of aromatic nitrogens is 1. The van der Waals surface area contributed by atoms with Crippen LogP contribution in [0.1, 0.15) is 21.5 Å². The van der Waals surface area contributed by atoms with Crippen LogP contribution in [0.25, 0.3) is 10.2 Å². The molecule has 0 saturated heterocycles. The highest BCUT2D eigenvalue weighted by Crippen LogP contribution is 2.34. The van der Waals surface area contributed by atoms with E-state index < -0.39 is 0 Å². The topological polar surface area (TPSA) is 68.0 Å². The molecule has 0 aliphatic carbocycles. The van der Waals surface area contributed by atoms with Crippen molar-refractivity contribution in [3.8, 4) is 0 Å². The summed E-state index contributed by atoms with van der Waals surface area (Å²) in [5, 5.41) is 3.54. The second-order valence-electron chi connectivity index (χ2n) is 5.03. The van der Waals surface area contributed by atoms with Crippen LogP contribution < -0.4 is 11.1 Å². The van der Waals surface area contributed by atoms with Gasteiger partial charge in [0.2, 0.25) is 0 Å². The zero-order valence-corrected chi connectivity index (χ0v) is 14.5. The smallest absolute Gasteiger partial charge is 0.256 e. The van der Waals surface area contributed by atoms with Crippen molar-refractivity contribution in [1.82, 2.24) is 4.98 Å². The Labute approximate surface area is 140 Å². The molecule has 3 aromatic rings. The van der Waals surface area contributed by atoms with Gasteiger partial charge >= 0.3 is 0 Å². The molecule has 22 heavy (non-hydrogen) atoms. The van der Waals surface area contributed by atoms with Gasteiger partial charge in [0.1, 0.15) is 0 Å². The third-order valence-electron chi connectivity index (χ3n) is 3.49. The van der Waals surface area contributed by atoms with E-state index in [0.29, 0.717) is 10.7 Å². The predicted octanol–water partition coefficient (Wildman–Crippen LogP) is 4.51. The zero-order valence-electron chi connectivity index (χ0n) is 12.1. The number of nitrogens with one attached hydrogen (secondary N) is 1. The van der Waals surface area contributed by atoms with Gasteiger partial charge in [-0.3, -0.25) is 4.79 Å². The highest BCUT2D eigenvalue weighted by Gasteiger charge is 2.15. The van der Waals surface area contributed by atoms with Crippen molar-refractivity contribution in [2.75, 3.05) is 11.1 Å². The molecule has 0 bridgehead atoms. The number of fused-ring (bicyclic) bond motifs is 1. The molecule has 2 aromatic carbocycles. The molecule has 1 heterocycles. The number of thiazole rings is 1. The first-order chi connectivity index (χ1) is 10.5. The Morgan fingerprint density at radius 2 is 2.05 bits per heavy atom. The summed E-state index contributed by atoms with van der Waals surface area (Å²) < 4.78 is 1.77. The minimum Gasteiger partial charge on any atom is -0.375 e. The summed E-state index contributed by atoms with van der Waals surface area (Å²) in [7, 11) is 0. The van der Waals surface area contributed by atoms with Crippen molar-refractivity contribution >= 4 is 54.2 Å². The standard InChI is InChI=1S/C16H14BrN3OS/c1-8-7-12-14(22-16(18)19-12)9(2)13(8)20-15(21)10-5-3-4-6-11(10)17/h3-7H,1-2H3,(H2,18,19)(H,20,21). The molecule has 0 atom stereocenters. The van der Waals surface area contributed by atoms with Gasteiger partial charge in [-0.15, -0.1) is 0 Å². The molecule has 0 radical (unpaired) electrons. The van der Waals surface area contributed by atoms with Crippen LogP contribution in [0.2, 0.25) is 0 Å². The Hall–Kier alpha value is -1.92. The summed E-state index contributed by atoms with van der Waals surface area (Å²) in [6.45, 7) is 3.93. The number of anilines is 2. The number of hydrogen-bond acceptors (Lipinski definition) is 4. The lowest BCUT2D eigenvalue weighted by atomic mass is 10.1. The summed E-state index contributed by atoms with van der Waals surface area (Å²) in [6.07, 6.45) is 0. The van der Waals surface area contributed by atoms with E-state index in [1.807, 2.05) is 38.1 Å². The molecule has 0 spiro atoms. The Kier molecular flexibility index (Phi) is 3.88. The third kappa shape index (κ3) is 2.60. The van der Waals surface area contributed by atoms with Gasteiger partial charge in [0, 0.05) is 10.2 Å². The zero-order chi connectivity index (χ0) is 15.9. The van der Waals surface area contributed by atoms with Gasteiger partial charge in [0.05, 0.1) is 15.8 Å². The average Bonchev–Trinajstić information content (AvgIpc) is 2.84. The van der Waals surface area contributed by atoms with E-state index in [9.17, 15) is 4.79 Å². The molecular formula is C16H14BrN3OS. The lowest BCUT2D eigenvalue weighted by Gasteiger charge is -2.13. The molecule has 0 aliphatic rings. The second kappa shape index (κ2) is 5.70. The maximum Gasteiger partial charge on any atom is 0.256 e. The van der Waals surface area contributed by atoms with Gasteiger partial charge in [-0.05, 0) is 59.1 Å². The maximum absolute atomic E-state index is 12.5. The van der Waals surface area contributed by atoms with E-state index in [-0.39, 0.29) is 5.91 Å². The van der Waals surface area contributed by atoms with E-state index in [0.717, 1.165) is 31.5 Å². The maximum atomic E-state index is 12.5. The summed E-state index contributed by atoms with van der Waals surface area (Å²) in [6, 6.07) is 9.30. The molecule has 112 valence electrons. The minimum absolute atomic E-state index is 0.143. The molecule has 3 N–H and O–H groups in total. The Bertz CT molecular complexity index is 888. The van der Waals surface area contributed by atoms with Crippen LogP contribution in [0.5, 0.6) is 0 Å². The number of carbonyl (C=O) groups is 1. The molecule has 4 nitrogen and oxygen atoms in total. The number of nitrogen functional groups attached to an aromatic ring is 1. The summed E-state index contributed by atoms with van der Waals surface area (Å²) in [5.41, 5.74) is 10.0. The lowest BCUT2D eigenvalue weighted by molar-refractivity contribution is 0.102. The molecule has 1 aromatic heterocycles. The number of rotatable bonds is 2. The van der Waals surface area contributed by atoms with Crippen LogP contribution >= 0.6 is 27.3 Å². The third-order valence-corrected chi connectivity index (χ3v) is 5.20. The van der Waals surface area contributed by atoms with E-state index >= 15 is 0 Å². The quantitative estimate of drug-likeness (QED) is 0.692. The fraction of sp³-hybridized carbons (Fsp3) is 0.125. The van der Waals surface area contributed by atoms with Crippen LogP contribution in [-0.4, -0.2) is 10.9 Å². The van der Waals surface area contributed by atoms with E-state index in [1.165, 1.54) is 11.3 Å². The SMILES string of the molecule is Cc1cc2nc(N)sc2c(C)c1NC(=O)c1ccccc1Br. The van der Waals surface area contributed by atoms with Crippen molar-refractivity contribution in [2.24, 2.45) is 0 Å². The van der Waals surface area contributed by atoms with E-state index in [1.54, 1.807) is 6.07 Å². The van der Waals surface area contributed by atoms with Crippen molar-refractivity contribution in [1.29, 1.82) is 0 Å². The summed E-state index contributed by atoms with van der Waals surface area (Å²) >= 11 is 4.84. The van der Waals surface area contributed by atoms with Crippen molar-refractivity contribution in [3.05, 3.63) is 51.5 Å². The van der Waals surface area contributed by atoms with Crippen LogP contribution in [0, 0.1) is 13.8 Å². The van der Waals surface area contributed by atoms with Crippen molar-refractivity contribution in [2.45, 2.75) is 13.8 Å². The Morgan fingerprint density at radius 1 is 1.32 bits per heavy atom. The van der Waals surface area contributed by atoms with Gasteiger partial charge in [0.25, 0.3) is 5.91 Å². The molecule has 0 aliphatic heterocycles. The number of halogens is 1. The molecule has 3 rings (SSSR count). The van der Waals surface area contributed by atoms with Gasteiger partial charge < -0.3 is 11.1 Å². The minimum atomic E-state index is -0.143. The highest BCUT2D eigenvalue weighted by atomic mass is 79.9. The first-order valence-corrected chi connectivity index (χ1v) is 8.30. The summed E-state index contributed by atoms with van der Waals surface area (Å²) in [4.78, 5) is 16.8. The number of amides is 1. The number of hydrogen-bond donors (Lipinski definition) is 2. The summed E-state index contributed by atoms with van der Waals surface area (Å²) in [5.74, 6) is -0.143. The lowest BCUT2D eigenvalue weighted by Crippen LogP contribution is -2.14. The van der Waals surface area contributed by atoms with Crippen molar-refractivity contribution in [3.63, 3.8) is 0 Å². The van der Waals surface area contributed by atoms with Gasteiger partial charge in [-0.1, -0.05) is 23.5 Å². The first kappa shape index (κ1) is 15.0. The number of nitrogens with zero attached hydrogens (tertiary/aromatic N) is 1. The predicted molar refractivity (Wildman–Crippen MR) is 95.6 cm³/mol. The largest absolute Gasteiger partial charge is 0.375 e.